The van der Waals surface area contributed by atoms with Crippen LogP contribution < -0.4 is 25.4 Å². The van der Waals surface area contributed by atoms with E-state index in [1.807, 2.05) is 32.0 Å². The van der Waals surface area contributed by atoms with Gasteiger partial charge in [-0.05, 0) is 86.3 Å². The van der Waals surface area contributed by atoms with E-state index >= 15 is 0 Å². The fraction of sp³-hybridized carbons (Fsp3) is 0.200. The third-order valence-electron chi connectivity index (χ3n) is 6.96. The summed E-state index contributed by atoms with van der Waals surface area (Å²) >= 11 is 0. The molecule has 5 rings (SSSR count). The second-order valence-electron chi connectivity index (χ2n) is 9.56. The molecule has 198 valence electrons. The first-order valence-corrected chi connectivity index (χ1v) is 12.5. The van der Waals surface area contributed by atoms with E-state index in [0.29, 0.717) is 64.5 Å². The predicted octanol–water partition coefficient (Wildman–Crippen LogP) is 5.58. The number of methoxy groups -OCH3 is 1. The summed E-state index contributed by atoms with van der Waals surface area (Å²) in [7, 11) is 1.51. The monoisotopic (exact) mass is 524 g/mol. The van der Waals surface area contributed by atoms with E-state index in [1.165, 1.54) is 7.11 Å². The quantitative estimate of drug-likeness (QED) is 0.194. The van der Waals surface area contributed by atoms with Gasteiger partial charge in [0.05, 0.1) is 18.3 Å². The first-order chi connectivity index (χ1) is 18.8. The van der Waals surface area contributed by atoms with Crippen LogP contribution in [-0.4, -0.2) is 30.3 Å². The maximum atomic E-state index is 13.1. The molecule has 9 heteroatoms. The average Bonchev–Trinajstić information content (AvgIpc) is 3.74. The maximum absolute atomic E-state index is 13.1. The fourth-order valence-electron chi connectivity index (χ4n) is 4.32. The van der Waals surface area contributed by atoms with E-state index in [-0.39, 0.29) is 11.8 Å². The van der Waals surface area contributed by atoms with Gasteiger partial charge in [0.25, 0.3) is 0 Å². The standard InChI is InChI=1S/C30H28N4O5/c1-18-4-5-21(14-19(18)2)34-29(37)30(11-12-30)28(36)33-20-6-8-22(9-7-20)39-26-10-13-31-24-16-27(38-3)25(32-17-35)15-23(24)26/h4-10,13-17H,11-12H2,1-3H3,(H,32,35)(H,33,36)(H,34,37). The molecule has 3 N–H and O–H groups in total. The van der Waals surface area contributed by atoms with Gasteiger partial charge in [-0.15, -0.1) is 0 Å². The molecule has 9 nitrogen and oxygen atoms in total. The van der Waals surface area contributed by atoms with Gasteiger partial charge in [0.15, 0.2) is 0 Å². The number of aromatic nitrogens is 1. The molecule has 0 saturated heterocycles. The van der Waals surface area contributed by atoms with Gasteiger partial charge in [-0.1, -0.05) is 6.07 Å². The molecule has 4 aromatic rings. The number of hydrogen-bond donors (Lipinski definition) is 3. The second-order valence-corrected chi connectivity index (χ2v) is 9.56. The van der Waals surface area contributed by atoms with Crippen molar-refractivity contribution in [1.29, 1.82) is 0 Å². The van der Waals surface area contributed by atoms with E-state index in [1.54, 1.807) is 48.7 Å². The van der Waals surface area contributed by atoms with Gasteiger partial charge in [0.2, 0.25) is 18.2 Å². The molecule has 39 heavy (non-hydrogen) atoms. The molecule has 0 aliphatic heterocycles. The van der Waals surface area contributed by atoms with E-state index in [2.05, 4.69) is 20.9 Å². The number of rotatable bonds is 9. The summed E-state index contributed by atoms with van der Waals surface area (Å²) in [6.07, 6.45) is 3.19. The number of amides is 3. The molecule has 1 aliphatic carbocycles. The summed E-state index contributed by atoms with van der Waals surface area (Å²) in [6, 6.07) is 17.8. The Balaban J connectivity index is 1.28. The van der Waals surface area contributed by atoms with Gasteiger partial charge in [-0.3, -0.25) is 19.4 Å². The number of ether oxygens (including phenoxy) is 2. The minimum Gasteiger partial charge on any atom is -0.494 e. The van der Waals surface area contributed by atoms with Gasteiger partial charge in [0, 0.05) is 29.0 Å². The molecule has 0 radical (unpaired) electrons. The number of carbonyl (C=O) groups excluding carboxylic acids is 3. The zero-order chi connectivity index (χ0) is 27.6. The third-order valence-corrected chi connectivity index (χ3v) is 6.96. The van der Waals surface area contributed by atoms with Crippen LogP contribution in [0.15, 0.2) is 66.9 Å². The van der Waals surface area contributed by atoms with E-state index in [9.17, 15) is 14.4 Å². The van der Waals surface area contributed by atoms with Crippen LogP contribution in [0.25, 0.3) is 10.9 Å². The highest BCUT2D eigenvalue weighted by Crippen LogP contribution is 2.47. The maximum Gasteiger partial charge on any atom is 0.240 e. The Labute approximate surface area is 225 Å². The van der Waals surface area contributed by atoms with E-state index < -0.39 is 5.41 Å². The zero-order valence-electron chi connectivity index (χ0n) is 21.8. The van der Waals surface area contributed by atoms with Crippen LogP contribution in [0.4, 0.5) is 17.1 Å². The Kier molecular flexibility index (Phi) is 6.89. The van der Waals surface area contributed by atoms with Crippen LogP contribution >= 0.6 is 0 Å². The average molecular weight is 525 g/mol. The lowest BCUT2D eigenvalue weighted by molar-refractivity contribution is -0.131. The number of pyridine rings is 1. The highest BCUT2D eigenvalue weighted by Gasteiger charge is 2.56. The highest BCUT2D eigenvalue weighted by molar-refractivity contribution is 6.17. The Morgan fingerprint density at radius 1 is 0.872 bits per heavy atom. The molecule has 3 amide bonds. The van der Waals surface area contributed by atoms with Crippen molar-refractivity contribution in [2.75, 3.05) is 23.1 Å². The second kappa shape index (κ2) is 10.4. The molecule has 0 atom stereocenters. The fourth-order valence-corrected chi connectivity index (χ4v) is 4.32. The predicted molar refractivity (Wildman–Crippen MR) is 149 cm³/mol. The molecule has 0 bridgehead atoms. The van der Waals surface area contributed by atoms with Crippen LogP contribution in [0.1, 0.15) is 24.0 Å². The van der Waals surface area contributed by atoms with Crippen molar-refractivity contribution in [1.82, 2.24) is 4.98 Å². The molecule has 0 unspecified atom stereocenters. The van der Waals surface area contributed by atoms with Crippen LogP contribution in [0.5, 0.6) is 17.2 Å². The first-order valence-electron chi connectivity index (χ1n) is 12.5. The molecule has 1 aliphatic rings. The number of carbonyl (C=O) groups is 3. The zero-order valence-corrected chi connectivity index (χ0v) is 21.8. The molecule has 1 saturated carbocycles. The third kappa shape index (κ3) is 5.24. The number of nitrogens with one attached hydrogen (secondary N) is 3. The van der Waals surface area contributed by atoms with Crippen molar-refractivity contribution in [3.05, 3.63) is 78.0 Å². The lowest BCUT2D eigenvalue weighted by Crippen LogP contribution is -2.35. The molecule has 0 spiro atoms. The molecule has 3 aromatic carbocycles. The van der Waals surface area contributed by atoms with Crippen molar-refractivity contribution >= 4 is 46.2 Å². The van der Waals surface area contributed by atoms with Crippen LogP contribution in [0.2, 0.25) is 0 Å². The Morgan fingerprint density at radius 3 is 2.21 bits per heavy atom. The molecule has 1 heterocycles. The van der Waals surface area contributed by atoms with Gasteiger partial charge in [0.1, 0.15) is 22.7 Å². The Bertz CT molecular complexity index is 1580. The number of fused-ring (bicyclic) bond motifs is 1. The molecule has 1 aromatic heterocycles. The van der Waals surface area contributed by atoms with Crippen LogP contribution in [-0.2, 0) is 14.4 Å². The van der Waals surface area contributed by atoms with Gasteiger partial charge < -0.3 is 25.4 Å². The van der Waals surface area contributed by atoms with Crippen molar-refractivity contribution in [3.8, 4) is 17.2 Å². The van der Waals surface area contributed by atoms with Gasteiger partial charge in [-0.2, -0.15) is 0 Å². The normalized spacial score (nSPS) is 13.3. The summed E-state index contributed by atoms with van der Waals surface area (Å²) in [5.41, 5.74) is 3.50. The number of anilines is 3. The largest absolute Gasteiger partial charge is 0.494 e. The lowest BCUT2D eigenvalue weighted by atomic mass is 10.0. The minimum atomic E-state index is -1.07. The Hall–Kier alpha value is -4.92. The summed E-state index contributed by atoms with van der Waals surface area (Å²) in [4.78, 5) is 41.4. The molecular weight excluding hydrogens is 496 g/mol. The summed E-state index contributed by atoms with van der Waals surface area (Å²) in [6.45, 7) is 3.99. The van der Waals surface area contributed by atoms with Crippen molar-refractivity contribution in [2.45, 2.75) is 26.7 Å². The molecule has 1 fully saturated rings. The highest BCUT2D eigenvalue weighted by atomic mass is 16.5. The van der Waals surface area contributed by atoms with Crippen molar-refractivity contribution < 1.29 is 23.9 Å². The minimum absolute atomic E-state index is 0.298. The number of hydrogen-bond acceptors (Lipinski definition) is 6. The van der Waals surface area contributed by atoms with E-state index in [4.69, 9.17) is 9.47 Å². The number of nitrogens with zero attached hydrogens (tertiary/aromatic N) is 1. The lowest BCUT2D eigenvalue weighted by Gasteiger charge is -2.16. The van der Waals surface area contributed by atoms with Crippen LogP contribution in [0.3, 0.4) is 0 Å². The molecular formula is C30H28N4O5. The summed E-state index contributed by atoms with van der Waals surface area (Å²) in [5.74, 6) is 0.924. The van der Waals surface area contributed by atoms with Gasteiger partial charge in [-0.25, -0.2) is 0 Å². The number of benzene rings is 3. The first kappa shape index (κ1) is 25.7. The van der Waals surface area contributed by atoms with Crippen LogP contribution in [0, 0.1) is 19.3 Å². The summed E-state index contributed by atoms with van der Waals surface area (Å²) < 4.78 is 11.4. The smallest absolute Gasteiger partial charge is 0.240 e. The topological polar surface area (TPSA) is 119 Å². The van der Waals surface area contributed by atoms with E-state index in [0.717, 1.165) is 11.1 Å². The number of aryl methyl sites for hydroxylation is 2. The van der Waals surface area contributed by atoms with Crippen molar-refractivity contribution in [2.24, 2.45) is 5.41 Å². The summed E-state index contributed by atoms with van der Waals surface area (Å²) in [5, 5.41) is 9.07. The van der Waals surface area contributed by atoms with Gasteiger partial charge >= 0.3 is 0 Å². The SMILES string of the molecule is COc1cc2nccc(Oc3ccc(NC(=O)C4(C(=O)Nc5ccc(C)c(C)c5)CC4)cc3)c2cc1NC=O. The Morgan fingerprint density at radius 2 is 1.56 bits per heavy atom. The van der Waals surface area contributed by atoms with Crippen molar-refractivity contribution in [3.63, 3.8) is 0 Å².